The minimum absolute atomic E-state index is 0.0816. The molecule has 0 aromatic heterocycles. The number of nitrogens with zero attached hydrogens (tertiary/aromatic N) is 1. The second-order valence-corrected chi connectivity index (χ2v) is 5.46. The predicted molar refractivity (Wildman–Crippen MR) is 70.5 cm³/mol. The van der Waals surface area contributed by atoms with Crippen LogP contribution in [0.5, 0.6) is 0 Å². The summed E-state index contributed by atoms with van der Waals surface area (Å²) >= 11 is 6.22. The number of piperidine rings is 1. The van der Waals surface area contributed by atoms with Gasteiger partial charge >= 0.3 is 0 Å². The zero-order valence-corrected chi connectivity index (χ0v) is 11.1. The van der Waals surface area contributed by atoms with Gasteiger partial charge in [-0.05, 0) is 31.4 Å². The van der Waals surface area contributed by atoms with Crippen molar-refractivity contribution in [2.24, 2.45) is 5.92 Å². The van der Waals surface area contributed by atoms with Crippen molar-refractivity contribution in [3.05, 3.63) is 35.4 Å². The number of alkyl halides is 1. The van der Waals surface area contributed by atoms with Crippen LogP contribution in [0.15, 0.2) is 24.3 Å². The largest absolute Gasteiger partial charge is 0.337 e. The Morgan fingerprint density at radius 1 is 1.35 bits per heavy atom. The summed E-state index contributed by atoms with van der Waals surface area (Å²) in [5, 5.41) is 0.0816. The fourth-order valence-corrected chi connectivity index (χ4v) is 2.38. The number of hydrogen-bond acceptors (Lipinski definition) is 1. The molecule has 1 saturated heterocycles. The van der Waals surface area contributed by atoms with Gasteiger partial charge in [0.25, 0.3) is 5.91 Å². The molecule has 0 radical (unpaired) electrons. The maximum absolute atomic E-state index is 12.2. The molecule has 2 atom stereocenters. The van der Waals surface area contributed by atoms with E-state index >= 15 is 0 Å². The van der Waals surface area contributed by atoms with Crippen molar-refractivity contribution in [2.45, 2.75) is 25.6 Å². The van der Waals surface area contributed by atoms with Gasteiger partial charge in [0.2, 0.25) is 0 Å². The standard InChI is InChI=1S/C14H18ClNO/c1-10-3-5-12(6-4-10)14(17)16-8-7-11(2)13(15)9-16/h3-6,11,13H,7-9H2,1-2H3. The molecule has 0 aliphatic carbocycles. The van der Waals surface area contributed by atoms with E-state index in [0.717, 1.165) is 18.5 Å². The highest BCUT2D eigenvalue weighted by Crippen LogP contribution is 2.23. The van der Waals surface area contributed by atoms with E-state index in [-0.39, 0.29) is 11.3 Å². The van der Waals surface area contributed by atoms with E-state index in [2.05, 4.69) is 6.92 Å². The Labute approximate surface area is 108 Å². The highest BCUT2D eigenvalue weighted by atomic mass is 35.5. The third-order valence-corrected chi connectivity index (χ3v) is 4.02. The number of hydrogen-bond donors (Lipinski definition) is 0. The topological polar surface area (TPSA) is 20.3 Å². The molecule has 17 heavy (non-hydrogen) atoms. The summed E-state index contributed by atoms with van der Waals surface area (Å²) in [6.45, 7) is 5.64. The second-order valence-electron chi connectivity index (χ2n) is 4.90. The quantitative estimate of drug-likeness (QED) is 0.703. The van der Waals surface area contributed by atoms with E-state index in [1.54, 1.807) is 0 Å². The van der Waals surface area contributed by atoms with Gasteiger partial charge in [-0.15, -0.1) is 11.6 Å². The first-order valence-electron chi connectivity index (χ1n) is 6.08. The maximum Gasteiger partial charge on any atom is 0.253 e. The van der Waals surface area contributed by atoms with E-state index in [1.807, 2.05) is 36.1 Å². The molecule has 2 nitrogen and oxygen atoms in total. The fraction of sp³-hybridized carbons (Fsp3) is 0.500. The molecular formula is C14H18ClNO. The molecule has 1 aliphatic heterocycles. The first-order valence-corrected chi connectivity index (χ1v) is 6.51. The molecule has 1 aliphatic rings. The predicted octanol–water partition coefficient (Wildman–Crippen LogP) is 3.08. The zero-order chi connectivity index (χ0) is 12.4. The molecule has 1 aromatic carbocycles. The van der Waals surface area contributed by atoms with E-state index in [4.69, 9.17) is 11.6 Å². The number of carbonyl (C=O) groups is 1. The van der Waals surface area contributed by atoms with Crippen LogP contribution in [0.4, 0.5) is 0 Å². The summed E-state index contributed by atoms with van der Waals surface area (Å²) in [5.74, 6) is 0.598. The Morgan fingerprint density at radius 3 is 2.59 bits per heavy atom. The lowest BCUT2D eigenvalue weighted by molar-refractivity contribution is 0.0701. The van der Waals surface area contributed by atoms with Crippen molar-refractivity contribution in [1.82, 2.24) is 4.90 Å². The highest BCUT2D eigenvalue weighted by molar-refractivity contribution is 6.21. The minimum atomic E-state index is 0.0816. The Balaban J connectivity index is 2.08. The molecule has 3 heteroatoms. The van der Waals surface area contributed by atoms with Crippen molar-refractivity contribution < 1.29 is 4.79 Å². The van der Waals surface area contributed by atoms with Gasteiger partial charge in [-0.2, -0.15) is 0 Å². The summed E-state index contributed by atoms with van der Waals surface area (Å²) in [6, 6.07) is 7.72. The molecule has 2 rings (SSSR count). The molecule has 92 valence electrons. The molecular weight excluding hydrogens is 234 g/mol. The van der Waals surface area contributed by atoms with Crippen molar-refractivity contribution in [3.63, 3.8) is 0 Å². The highest BCUT2D eigenvalue weighted by Gasteiger charge is 2.27. The van der Waals surface area contributed by atoms with E-state index in [1.165, 1.54) is 5.56 Å². The normalized spacial score (nSPS) is 24.8. The van der Waals surface area contributed by atoms with Crippen LogP contribution in [0.3, 0.4) is 0 Å². The maximum atomic E-state index is 12.2. The molecule has 0 saturated carbocycles. The third-order valence-electron chi connectivity index (χ3n) is 3.45. The number of benzene rings is 1. The van der Waals surface area contributed by atoms with Crippen LogP contribution in [0, 0.1) is 12.8 Å². The van der Waals surface area contributed by atoms with Crippen molar-refractivity contribution >= 4 is 17.5 Å². The summed E-state index contributed by atoms with van der Waals surface area (Å²) in [7, 11) is 0. The summed E-state index contributed by atoms with van der Waals surface area (Å²) < 4.78 is 0. The first kappa shape index (κ1) is 12.4. The van der Waals surface area contributed by atoms with E-state index < -0.39 is 0 Å². The van der Waals surface area contributed by atoms with Gasteiger partial charge in [-0.3, -0.25) is 4.79 Å². The van der Waals surface area contributed by atoms with E-state index in [0.29, 0.717) is 12.5 Å². The summed E-state index contributed by atoms with van der Waals surface area (Å²) in [4.78, 5) is 14.1. The first-order chi connectivity index (χ1) is 8.08. The Morgan fingerprint density at radius 2 is 2.00 bits per heavy atom. The third kappa shape index (κ3) is 2.81. The number of amides is 1. The molecule has 0 spiro atoms. The zero-order valence-electron chi connectivity index (χ0n) is 10.3. The Hall–Kier alpha value is -1.02. The molecule has 1 heterocycles. The summed E-state index contributed by atoms with van der Waals surface area (Å²) in [5.41, 5.74) is 1.93. The van der Waals surface area contributed by atoms with Gasteiger partial charge in [0.15, 0.2) is 0 Å². The smallest absolute Gasteiger partial charge is 0.253 e. The van der Waals surface area contributed by atoms with Crippen LogP contribution in [0.2, 0.25) is 0 Å². The number of aryl methyl sites for hydroxylation is 1. The molecule has 1 aromatic rings. The van der Waals surface area contributed by atoms with Crippen LogP contribution in [-0.4, -0.2) is 29.3 Å². The van der Waals surface area contributed by atoms with Gasteiger partial charge in [-0.1, -0.05) is 24.6 Å². The number of halogens is 1. The van der Waals surface area contributed by atoms with Crippen LogP contribution < -0.4 is 0 Å². The monoisotopic (exact) mass is 251 g/mol. The lowest BCUT2D eigenvalue weighted by Crippen LogP contribution is -2.43. The van der Waals surface area contributed by atoms with E-state index in [9.17, 15) is 4.79 Å². The van der Waals surface area contributed by atoms with Gasteiger partial charge < -0.3 is 4.90 Å². The SMILES string of the molecule is Cc1ccc(C(=O)N2CCC(C)C(Cl)C2)cc1. The number of rotatable bonds is 1. The average Bonchev–Trinajstić information content (AvgIpc) is 2.33. The minimum Gasteiger partial charge on any atom is -0.337 e. The average molecular weight is 252 g/mol. The number of likely N-dealkylation sites (tertiary alicyclic amines) is 1. The van der Waals surface area contributed by atoms with Crippen molar-refractivity contribution in [2.75, 3.05) is 13.1 Å². The van der Waals surface area contributed by atoms with Crippen LogP contribution in [-0.2, 0) is 0 Å². The van der Waals surface area contributed by atoms with Gasteiger partial charge in [-0.25, -0.2) is 0 Å². The van der Waals surface area contributed by atoms with Crippen molar-refractivity contribution in [1.29, 1.82) is 0 Å². The van der Waals surface area contributed by atoms with Crippen molar-refractivity contribution in [3.8, 4) is 0 Å². The van der Waals surface area contributed by atoms with Gasteiger partial charge in [0, 0.05) is 18.7 Å². The summed E-state index contributed by atoms with van der Waals surface area (Å²) in [6.07, 6.45) is 0.992. The Bertz CT molecular complexity index is 401. The van der Waals surface area contributed by atoms with Gasteiger partial charge in [0.05, 0.1) is 5.38 Å². The Kier molecular flexibility index (Phi) is 3.72. The van der Waals surface area contributed by atoms with Crippen LogP contribution >= 0.6 is 11.6 Å². The number of carbonyl (C=O) groups excluding carboxylic acids is 1. The second kappa shape index (κ2) is 5.09. The van der Waals surface area contributed by atoms with Crippen LogP contribution in [0.25, 0.3) is 0 Å². The lowest BCUT2D eigenvalue weighted by atomic mass is 9.98. The fourth-order valence-electron chi connectivity index (χ4n) is 2.09. The lowest BCUT2D eigenvalue weighted by Gasteiger charge is -2.34. The van der Waals surface area contributed by atoms with Crippen LogP contribution in [0.1, 0.15) is 29.3 Å². The molecule has 0 bridgehead atoms. The molecule has 1 amide bonds. The molecule has 2 unspecified atom stereocenters. The molecule has 1 fully saturated rings. The molecule has 0 N–H and O–H groups in total. The van der Waals surface area contributed by atoms with Gasteiger partial charge in [0.1, 0.15) is 0 Å².